The summed E-state index contributed by atoms with van der Waals surface area (Å²) in [6.45, 7) is 7.96. The molecular formula is C19H25N3O3S. The Labute approximate surface area is 157 Å². The van der Waals surface area contributed by atoms with Gasteiger partial charge in [-0.05, 0) is 45.7 Å². The summed E-state index contributed by atoms with van der Waals surface area (Å²) in [5, 5.41) is 3.84. The van der Waals surface area contributed by atoms with E-state index in [1.807, 2.05) is 42.7 Å². The van der Waals surface area contributed by atoms with Crippen LogP contribution in [0.3, 0.4) is 0 Å². The summed E-state index contributed by atoms with van der Waals surface area (Å²) in [5.41, 5.74) is 0.781. The van der Waals surface area contributed by atoms with E-state index < -0.39 is 0 Å². The number of amides is 2. The van der Waals surface area contributed by atoms with E-state index in [2.05, 4.69) is 5.16 Å². The molecule has 7 heteroatoms. The number of hydrogen-bond acceptors (Lipinski definition) is 5. The van der Waals surface area contributed by atoms with Crippen molar-refractivity contribution in [3.63, 3.8) is 0 Å². The lowest BCUT2D eigenvalue weighted by atomic mass is 10.1. The Kier molecular flexibility index (Phi) is 5.76. The zero-order valence-electron chi connectivity index (χ0n) is 15.5. The van der Waals surface area contributed by atoms with Crippen LogP contribution in [-0.4, -0.2) is 46.4 Å². The molecule has 1 atom stereocenters. The highest BCUT2D eigenvalue weighted by molar-refractivity contribution is 7.14. The van der Waals surface area contributed by atoms with Crippen LogP contribution in [0.4, 0.5) is 0 Å². The lowest BCUT2D eigenvalue weighted by Crippen LogP contribution is -2.31. The van der Waals surface area contributed by atoms with E-state index >= 15 is 0 Å². The second-order valence-corrected chi connectivity index (χ2v) is 7.65. The molecule has 0 aromatic carbocycles. The Morgan fingerprint density at radius 1 is 1.35 bits per heavy atom. The fourth-order valence-electron chi connectivity index (χ4n) is 3.42. The fraction of sp³-hybridized carbons (Fsp3) is 0.526. The van der Waals surface area contributed by atoms with E-state index in [0.29, 0.717) is 18.8 Å². The van der Waals surface area contributed by atoms with Gasteiger partial charge in [0.15, 0.2) is 0 Å². The first kappa shape index (κ1) is 18.6. The molecule has 0 bridgehead atoms. The molecule has 3 rings (SSSR count). The largest absolute Gasteiger partial charge is 0.361 e. The maximum absolute atomic E-state index is 12.7. The minimum absolute atomic E-state index is 0.0497. The summed E-state index contributed by atoms with van der Waals surface area (Å²) in [5.74, 6) is 0.717. The molecule has 1 saturated heterocycles. The third kappa shape index (κ3) is 3.82. The van der Waals surface area contributed by atoms with Crippen LogP contribution in [-0.2, 0) is 11.2 Å². The van der Waals surface area contributed by atoms with Gasteiger partial charge in [-0.1, -0.05) is 5.16 Å². The van der Waals surface area contributed by atoms with E-state index in [9.17, 15) is 9.59 Å². The van der Waals surface area contributed by atoms with Crippen LogP contribution in [0, 0.1) is 6.92 Å². The number of likely N-dealkylation sites (tertiary alicyclic amines) is 1. The molecule has 26 heavy (non-hydrogen) atoms. The summed E-state index contributed by atoms with van der Waals surface area (Å²) >= 11 is 1.51. The van der Waals surface area contributed by atoms with Gasteiger partial charge in [0.05, 0.1) is 23.0 Å². The number of thiophene rings is 1. The maximum Gasteiger partial charge on any atom is 0.263 e. The zero-order chi connectivity index (χ0) is 18.7. The Morgan fingerprint density at radius 2 is 2.12 bits per heavy atom. The Morgan fingerprint density at radius 3 is 2.77 bits per heavy atom. The highest BCUT2D eigenvalue weighted by Gasteiger charge is 2.32. The van der Waals surface area contributed by atoms with E-state index in [0.717, 1.165) is 34.8 Å². The standard InChI is InChI=1S/C19H25N3O3S/c1-4-21(5-2)19(24)17-9-8-16(26-17)15-7-6-10-22(15)18(23)12-14-11-13(3)20-25-14/h8-9,11,15H,4-7,10,12H2,1-3H3. The van der Waals surface area contributed by atoms with Crippen molar-refractivity contribution in [3.8, 4) is 0 Å². The highest BCUT2D eigenvalue weighted by atomic mass is 32.1. The van der Waals surface area contributed by atoms with Gasteiger partial charge in [0.25, 0.3) is 5.91 Å². The van der Waals surface area contributed by atoms with Gasteiger partial charge in [-0.25, -0.2) is 0 Å². The molecule has 0 aliphatic carbocycles. The van der Waals surface area contributed by atoms with Gasteiger partial charge in [0.2, 0.25) is 5.91 Å². The Balaban J connectivity index is 1.72. The van der Waals surface area contributed by atoms with Gasteiger partial charge in [-0.2, -0.15) is 0 Å². The minimum atomic E-state index is 0.0497. The lowest BCUT2D eigenvalue weighted by Gasteiger charge is -2.23. The van der Waals surface area contributed by atoms with Gasteiger partial charge in [0.1, 0.15) is 5.76 Å². The summed E-state index contributed by atoms with van der Waals surface area (Å²) in [6.07, 6.45) is 2.14. The predicted octanol–water partition coefficient (Wildman–Crippen LogP) is 3.43. The molecule has 1 unspecified atom stereocenters. The summed E-state index contributed by atoms with van der Waals surface area (Å²) in [4.78, 5) is 30.8. The van der Waals surface area contributed by atoms with Gasteiger partial charge < -0.3 is 14.3 Å². The SMILES string of the molecule is CCN(CC)C(=O)c1ccc(C2CCCN2C(=O)Cc2cc(C)no2)s1. The number of carbonyl (C=O) groups is 2. The number of nitrogens with zero attached hydrogens (tertiary/aromatic N) is 3. The lowest BCUT2D eigenvalue weighted by molar-refractivity contribution is -0.131. The molecule has 2 aromatic rings. The first-order valence-corrected chi connectivity index (χ1v) is 9.95. The van der Waals surface area contributed by atoms with Crippen LogP contribution < -0.4 is 0 Å². The molecule has 6 nitrogen and oxygen atoms in total. The third-order valence-electron chi connectivity index (χ3n) is 4.79. The number of aromatic nitrogens is 1. The minimum Gasteiger partial charge on any atom is -0.361 e. The van der Waals surface area contributed by atoms with Crippen molar-refractivity contribution in [2.45, 2.75) is 46.1 Å². The van der Waals surface area contributed by atoms with E-state index in [-0.39, 0.29) is 24.3 Å². The van der Waals surface area contributed by atoms with Crippen molar-refractivity contribution < 1.29 is 14.1 Å². The monoisotopic (exact) mass is 375 g/mol. The Bertz CT molecular complexity index is 779. The maximum atomic E-state index is 12.7. The number of hydrogen-bond donors (Lipinski definition) is 0. The highest BCUT2D eigenvalue weighted by Crippen LogP contribution is 2.36. The average molecular weight is 375 g/mol. The van der Waals surface area contributed by atoms with Gasteiger partial charge in [-0.3, -0.25) is 9.59 Å². The molecule has 2 aromatic heterocycles. The van der Waals surface area contributed by atoms with Crippen LogP contribution >= 0.6 is 11.3 Å². The van der Waals surface area contributed by atoms with Crippen molar-refractivity contribution >= 4 is 23.2 Å². The van der Waals surface area contributed by atoms with E-state index in [1.54, 1.807) is 6.07 Å². The second-order valence-electron chi connectivity index (χ2n) is 6.54. The summed E-state index contributed by atoms with van der Waals surface area (Å²) in [6, 6.07) is 5.74. The first-order valence-electron chi connectivity index (χ1n) is 9.14. The van der Waals surface area contributed by atoms with Gasteiger partial charge in [-0.15, -0.1) is 11.3 Å². The van der Waals surface area contributed by atoms with Crippen LogP contribution in [0.5, 0.6) is 0 Å². The van der Waals surface area contributed by atoms with Crippen LogP contribution in [0.1, 0.15) is 58.7 Å². The second kappa shape index (κ2) is 8.03. The Hall–Kier alpha value is -2.15. The number of carbonyl (C=O) groups excluding carboxylic acids is 2. The van der Waals surface area contributed by atoms with Crippen molar-refractivity contribution in [1.29, 1.82) is 0 Å². The third-order valence-corrected chi connectivity index (χ3v) is 5.97. The molecule has 0 radical (unpaired) electrons. The van der Waals surface area contributed by atoms with Crippen molar-refractivity contribution in [1.82, 2.24) is 15.0 Å². The van der Waals surface area contributed by atoms with Crippen LogP contribution in [0.25, 0.3) is 0 Å². The molecule has 140 valence electrons. The van der Waals surface area contributed by atoms with Crippen molar-refractivity contribution in [2.24, 2.45) is 0 Å². The zero-order valence-corrected chi connectivity index (χ0v) is 16.3. The molecular weight excluding hydrogens is 350 g/mol. The molecule has 1 aliphatic heterocycles. The predicted molar refractivity (Wildman–Crippen MR) is 100 cm³/mol. The topological polar surface area (TPSA) is 66.7 Å². The number of aryl methyl sites for hydroxylation is 1. The number of rotatable bonds is 6. The van der Waals surface area contributed by atoms with Crippen LogP contribution in [0.2, 0.25) is 0 Å². The molecule has 0 N–H and O–H groups in total. The summed E-state index contributed by atoms with van der Waals surface area (Å²) < 4.78 is 5.18. The quantitative estimate of drug-likeness (QED) is 0.776. The van der Waals surface area contributed by atoms with Crippen molar-refractivity contribution in [2.75, 3.05) is 19.6 Å². The normalized spacial score (nSPS) is 16.9. The van der Waals surface area contributed by atoms with E-state index in [1.165, 1.54) is 11.3 Å². The molecule has 3 heterocycles. The first-order chi connectivity index (χ1) is 12.5. The van der Waals surface area contributed by atoms with Crippen LogP contribution in [0.15, 0.2) is 22.7 Å². The van der Waals surface area contributed by atoms with Crippen molar-refractivity contribution in [3.05, 3.63) is 39.4 Å². The molecule has 0 saturated carbocycles. The molecule has 2 amide bonds. The van der Waals surface area contributed by atoms with E-state index in [4.69, 9.17) is 4.52 Å². The van der Waals surface area contributed by atoms with Gasteiger partial charge in [0, 0.05) is 30.6 Å². The summed E-state index contributed by atoms with van der Waals surface area (Å²) in [7, 11) is 0. The molecule has 1 fully saturated rings. The smallest absolute Gasteiger partial charge is 0.263 e. The fourth-order valence-corrected chi connectivity index (χ4v) is 4.55. The average Bonchev–Trinajstić information content (AvgIpc) is 3.35. The molecule has 0 spiro atoms. The van der Waals surface area contributed by atoms with Gasteiger partial charge >= 0.3 is 0 Å². The molecule has 1 aliphatic rings.